The van der Waals surface area contributed by atoms with Crippen LogP contribution < -0.4 is 15.8 Å². The second kappa shape index (κ2) is 7.48. The fourth-order valence-electron chi connectivity index (χ4n) is 3.10. The fourth-order valence-corrected chi connectivity index (χ4v) is 3.10. The summed E-state index contributed by atoms with van der Waals surface area (Å²) >= 11 is 0. The predicted octanol–water partition coefficient (Wildman–Crippen LogP) is 5.24. The molecule has 0 fully saturated rings. The number of fused-ring (bicyclic) bond motifs is 1. The third-order valence-corrected chi connectivity index (χ3v) is 4.63. The first kappa shape index (κ1) is 17.7. The minimum absolute atomic E-state index is 0.352. The average molecular weight is 372 g/mol. The van der Waals surface area contributed by atoms with E-state index in [0.717, 1.165) is 28.0 Å². The van der Waals surface area contributed by atoms with Gasteiger partial charge < -0.3 is 20.2 Å². The van der Waals surface area contributed by atoms with Gasteiger partial charge in [-0.2, -0.15) is 0 Å². The summed E-state index contributed by atoms with van der Waals surface area (Å²) in [5.74, 6) is 1.46. The summed E-state index contributed by atoms with van der Waals surface area (Å²) in [5.41, 5.74) is 8.72. The maximum atomic E-state index is 11.5. The molecule has 1 amide bonds. The number of amides is 1. The molecule has 0 aliphatic rings. The minimum atomic E-state index is -0.518. The van der Waals surface area contributed by atoms with Gasteiger partial charge >= 0.3 is 0 Å². The Hall–Kier alpha value is -3.73. The number of nitrogens with one attached hydrogen (secondary N) is 1. The molecule has 1 aromatic heterocycles. The summed E-state index contributed by atoms with van der Waals surface area (Å²) in [5, 5.41) is 4.50. The fraction of sp³-hybridized carbons (Fsp3) is 0.0870. The molecule has 0 saturated carbocycles. The van der Waals surface area contributed by atoms with Crippen LogP contribution in [-0.2, 0) is 6.54 Å². The maximum Gasteiger partial charge on any atom is 0.252 e. The Morgan fingerprint density at radius 3 is 2.46 bits per heavy atom. The highest BCUT2D eigenvalue weighted by molar-refractivity contribution is 5.95. The number of anilines is 1. The van der Waals surface area contributed by atoms with Crippen molar-refractivity contribution in [1.82, 2.24) is 0 Å². The van der Waals surface area contributed by atoms with Gasteiger partial charge in [-0.1, -0.05) is 30.3 Å². The number of carbonyl (C=O) groups is 1. The van der Waals surface area contributed by atoms with E-state index in [1.54, 1.807) is 24.3 Å². The molecule has 4 aromatic rings. The monoisotopic (exact) mass is 372 g/mol. The zero-order chi connectivity index (χ0) is 19.5. The Balaban J connectivity index is 1.45. The number of para-hydroxylation sites is 2. The van der Waals surface area contributed by atoms with Gasteiger partial charge in [-0.3, -0.25) is 4.79 Å². The van der Waals surface area contributed by atoms with Gasteiger partial charge in [-0.25, -0.2) is 0 Å². The normalized spacial score (nSPS) is 10.8. The van der Waals surface area contributed by atoms with Gasteiger partial charge in [-0.15, -0.1) is 0 Å². The molecule has 3 N–H and O–H groups in total. The molecule has 0 unspecified atom stereocenters. The minimum Gasteiger partial charge on any atom is -0.459 e. The predicted molar refractivity (Wildman–Crippen MR) is 110 cm³/mol. The Bertz CT molecular complexity index is 1130. The van der Waals surface area contributed by atoms with E-state index in [4.69, 9.17) is 14.9 Å². The van der Waals surface area contributed by atoms with E-state index in [2.05, 4.69) is 18.3 Å². The van der Waals surface area contributed by atoms with Gasteiger partial charge in [0.2, 0.25) is 0 Å². The van der Waals surface area contributed by atoms with Crippen LogP contribution in [0.1, 0.15) is 21.7 Å². The Morgan fingerprint density at radius 1 is 1.00 bits per heavy atom. The zero-order valence-electron chi connectivity index (χ0n) is 15.4. The highest BCUT2D eigenvalue weighted by Gasteiger charge is 2.11. The molecule has 0 aliphatic carbocycles. The maximum absolute atomic E-state index is 11.5. The lowest BCUT2D eigenvalue weighted by Gasteiger charge is -2.10. The smallest absolute Gasteiger partial charge is 0.252 e. The van der Waals surface area contributed by atoms with Crippen molar-refractivity contribution in [2.24, 2.45) is 5.73 Å². The summed E-state index contributed by atoms with van der Waals surface area (Å²) in [6.07, 6.45) is 0. The Labute approximate surface area is 162 Å². The van der Waals surface area contributed by atoms with E-state index in [1.165, 1.54) is 0 Å². The number of aryl methyl sites for hydroxylation is 1. The van der Waals surface area contributed by atoms with E-state index in [0.29, 0.717) is 23.6 Å². The lowest BCUT2D eigenvalue weighted by Crippen LogP contribution is -2.11. The van der Waals surface area contributed by atoms with Crippen molar-refractivity contribution in [3.05, 3.63) is 89.7 Å². The Kier molecular flexibility index (Phi) is 4.72. The second-order valence-electron chi connectivity index (χ2n) is 6.49. The lowest BCUT2D eigenvalue weighted by molar-refractivity contribution is 0.0998. The molecule has 0 bridgehead atoms. The summed E-state index contributed by atoms with van der Waals surface area (Å²) in [6, 6.07) is 22.4. The molecular weight excluding hydrogens is 352 g/mol. The van der Waals surface area contributed by atoms with Gasteiger partial charge in [0.25, 0.3) is 5.91 Å². The van der Waals surface area contributed by atoms with E-state index < -0.39 is 5.91 Å². The molecule has 5 nitrogen and oxygen atoms in total. The van der Waals surface area contributed by atoms with E-state index in [1.807, 2.05) is 42.5 Å². The molecule has 4 rings (SSSR count). The number of furan rings is 1. The summed E-state index contributed by atoms with van der Waals surface area (Å²) < 4.78 is 11.7. The highest BCUT2D eigenvalue weighted by Crippen LogP contribution is 2.28. The molecule has 3 aromatic carbocycles. The highest BCUT2D eigenvalue weighted by atomic mass is 16.5. The molecule has 5 heteroatoms. The van der Waals surface area contributed by atoms with Gasteiger partial charge in [-0.05, 0) is 49.4 Å². The van der Waals surface area contributed by atoms with Crippen molar-refractivity contribution in [2.75, 3.05) is 5.32 Å². The van der Waals surface area contributed by atoms with Crippen LogP contribution in [0.25, 0.3) is 11.0 Å². The molecule has 1 heterocycles. The van der Waals surface area contributed by atoms with Crippen LogP contribution in [0.4, 0.5) is 5.69 Å². The van der Waals surface area contributed by atoms with Gasteiger partial charge in [0.1, 0.15) is 22.8 Å². The van der Waals surface area contributed by atoms with Gasteiger partial charge in [0.15, 0.2) is 0 Å². The first-order valence-electron chi connectivity index (χ1n) is 8.99. The number of rotatable bonds is 6. The van der Waals surface area contributed by atoms with Crippen LogP contribution in [-0.4, -0.2) is 5.91 Å². The molecule has 0 radical (unpaired) electrons. The number of ether oxygens (including phenoxy) is 1. The Morgan fingerprint density at radius 2 is 1.71 bits per heavy atom. The molecular formula is C23H20N2O3. The standard InChI is InChI=1S/C23H20N2O3/c1-15-18-6-2-4-8-20(18)28-22(15)14-25-16-10-12-17(13-11-16)27-21-9-5-3-7-19(21)23(24)26/h2-13,25H,14H2,1H3,(H2,24,26). The van der Waals surface area contributed by atoms with Crippen molar-refractivity contribution >= 4 is 22.6 Å². The summed E-state index contributed by atoms with van der Waals surface area (Å²) in [7, 11) is 0. The van der Waals surface area contributed by atoms with Crippen LogP contribution in [0.15, 0.2) is 77.2 Å². The quantitative estimate of drug-likeness (QED) is 0.485. The van der Waals surface area contributed by atoms with Gasteiger partial charge in [0, 0.05) is 16.6 Å². The summed E-state index contributed by atoms with van der Waals surface area (Å²) in [4.78, 5) is 11.5. The van der Waals surface area contributed by atoms with E-state index in [-0.39, 0.29) is 0 Å². The average Bonchev–Trinajstić information content (AvgIpc) is 3.04. The SMILES string of the molecule is Cc1c(CNc2ccc(Oc3ccccc3C(N)=O)cc2)oc2ccccc12. The summed E-state index contributed by atoms with van der Waals surface area (Å²) in [6.45, 7) is 2.65. The topological polar surface area (TPSA) is 77.5 Å². The van der Waals surface area contributed by atoms with E-state index >= 15 is 0 Å². The zero-order valence-corrected chi connectivity index (χ0v) is 15.4. The first-order chi connectivity index (χ1) is 13.6. The van der Waals surface area contributed by atoms with Crippen molar-refractivity contribution < 1.29 is 13.9 Å². The number of hydrogen-bond acceptors (Lipinski definition) is 4. The van der Waals surface area contributed by atoms with Crippen molar-refractivity contribution in [3.63, 3.8) is 0 Å². The molecule has 0 aliphatic heterocycles. The van der Waals surface area contributed by atoms with E-state index in [9.17, 15) is 4.79 Å². The number of nitrogens with two attached hydrogens (primary N) is 1. The molecule has 0 atom stereocenters. The molecule has 140 valence electrons. The number of benzene rings is 3. The lowest BCUT2D eigenvalue weighted by atomic mass is 10.1. The number of carbonyl (C=O) groups excluding carboxylic acids is 1. The van der Waals surface area contributed by atoms with Crippen LogP contribution in [0.2, 0.25) is 0 Å². The van der Waals surface area contributed by atoms with Gasteiger partial charge in [0.05, 0.1) is 12.1 Å². The van der Waals surface area contributed by atoms with Crippen LogP contribution >= 0.6 is 0 Å². The largest absolute Gasteiger partial charge is 0.459 e. The first-order valence-corrected chi connectivity index (χ1v) is 8.99. The van der Waals surface area contributed by atoms with Crippen molar-refractivity contribution in [1.29, 1.82) is 0 Å². The number of hydrogen-bond donors (Lipinski definition) is 2. The van der Waals surface area contributed by atoms with Crippen LogP contribution in [0.5, 0.6) is 11.5 Å². The number of primary amides is 1. The second-order valence-corrected chi connectivity index (χ2v) is 6.49. The third-order valence-electron chi connectivity index (χ3n) is 4.63. The van der Waals surface area contributed by atoms with Crippen molar-refractivity contribution in [2.45, 2.75) is 13.5 Å². The van der Waals surface area contributed by atoms with Crippen molar-refractivity contribution in [3.8, 4) is 11.5 Å². The molecule has 28 heavy (non-hydrogen) atoms. The third kappa shape index (κ3) is 3.55. The molecule has 0 spiro atoms. The van der Waals surface area contributed by atoms with Crippen LogP contribution in [0, 0.1) is 6.92 Å². The molecule has 0 saturated heterocycles. The van der Waals surface area contributed by atoms with Crippen LogP contribution in [0.3, 0.4) is 0 Å².